The number of nitrogens with zero attached hydrogens (tertiary/aromatic N) is 3. The number of benzene rings is 1. The highest BCUT2D eigenvalue weighted by molar-refractivity contribution is 5.79. The van der Waals surface area contributed by atoms with Crippen LogP contribution in [0.4, 0.5) is 0 Å². The second-order valence-corrected chi connectivity index (χ2v) is 7.65. The van der Waals surface area contributed by atoms with Gasteiger partial charge in [0.2, 0.25) is 11.8 Å². The van der Waals surface area contributed by atoms with Crippen LogP contribution >= 0.6 is 0 Å². The van der Waals surface area contributed by atoms with Gasteiger partial charge in [-0.2, -0.15) is 0 Å². The standard InChI is InChI=1S/C20H29N3O4/c1-16(24)22-11-9-21(10-12-22)15-20(27)7-8-23(14-18(20)25)19(26)13-17-5-3-2-4-6-17/h2-6,18,25,27H,7-15H2,1H3/t18-,20-/m0/s1. The molecule has 0 radical (unpaired) electrons. The summed E-state index contributed by atoms with van der Waals surface area (Å²) in [6.45, 7) is 5.17. The lowest BCUT2D eigenvalue weighted by molar-refractivity contribution is -0.154. The molecule has 2 fully saturated rings. The lowest BCUT2D eigenvalue weighted by Crippen LogP contribution is -2.62. The predicted octanol–water partition coefficient (Wildman–Crippen LogP) is -0.282. The van der Waals surface area contributed by atoms with Crippen molar-refractivity contribution in [2.24, 2.45) is 0 Å². The Morgan fingerprint density at radius 3 is 2.33 bits per heavy atom. The van der Waals surface area contributed by atoms with Crippen LogP contribution in [0.2, 0.25) is 0 Å². The molecule has 2 saturated heterocycles. The van der Waals surface area contributed by atoms with Crippen LogP contribution in [0.3, 0.4) is 0 Å². The molecule has 0 spiro atoms. The van der Waals surface area contributed by atoms with Crippen molar-refractivity contribution in [3.63, 3.8) is 0 Å². The second-order valence-electron chi connectivity index (χ2n) is 7.65. The molecule has 2 heterocycles. The van der Waals surface area contributed by atoms with Gasteiger partial charge >= 0.3 is 0 Å². The molecule has 1 aromatic carbocycles. The van der Waals surface area contributed by atoms with Gasteiger partial charge in [-0.05, 0) is 12.0 Å². The van der Waals surface area contributed by atoms with Crippen LogP contribution in [-0.4, -0.2) is 94.2 Å². The van der Waals surface area contributed by atoms with E-state index in [0.29, 0.717) is 52.1 Å². The third-order valence-corrected chi connectivity index (χ3v) is 5.69. The monoisotopic (exact) mass is 375 g/mol. The number of hydrogen-bond donors (Lipinski definition) is 2. The Hall–Kier alpha value is -1.96. The minimum Gasteiger partial charge on any atom is -0.388 e. The summed E-state index contributed by atoms with van der Waals surface area (Å²) in [7, 11) is 0. The molecular formula is C20H29N3O4. The largest absolute Gasteiger partial charge is 0.388 e. The van der Waals surface area contributed by atoms with Gasteiger partial charge in [-0.1, -0.05) is 30.3 Å². The Morgan fingerprint density at radius 1 is 1.07 bits per heavy atom. The average molecular weight is 375 g/mol. The van der Waals surface area contributed by atoms with E-state index in [4.69, 9.17) is 0 Å². The number of aliphatic hydroxyl groups excluding tert-OH is 1. The van der Waals surface area contributed by atoms with E-state index in [9.17, 15) is 19.8 Å². The number of piperidine rings is 1. The molecule has 2 aliphatic rings. The van der Waals surface area contributed by atoms with Gasteiger partial charge in [-0.15, -0.1) is 0 Å². The number of aliphatic hydroxyl groups is 2. The van der Waals surface area contributed by atoms with Gasteiger partial charge in [0, 0.05) is 52.7 Å². The molecule has 7 heteroatoms. The lowest BCUT2D eigenvalue weighted by atomic mass is 9.87. The van der Waals surface area contributed by atoms with Gasteiger partial charge < -0.3 is 20.0 Å². The van der Waals surface area contributed by atoms with Crippen molar-refractivity contribution in [1.82, 2.24) is 14.7 Å². The van der Waals surface area contributed by atoms with Gasteiger partial charge in [0.15, 0.2) is 0 Å². The zero-order valence-electron chi connectivity index (χ0n) is 15.9. The Kier molecular flexibility index (Phi) is 6.14. The molecule has 3 rings (SSSR count). The number of carbonyl (C=O) groups excluding carboxylic acids is 2. The van der Waals surface area contributed by atoms with E-state index in [1.807, 2.05) is 30.3 Å². The Balaban J connectivity index is 1.51. The number of hydrogen-bond acceptors (Lipinski definition) is 5. The summed E-state index contributed by atoms with van der Waals surface area (Å²) in [5.41, 5.74) is -0.275. The summed E-state index contributed by atoms with van der Waals surface area (Å²) in [4.78, 5) is 29.4. The van der Waals surface area contributed by atoms with E-state index in [1.54, 1.807) is 16.7 Å². The first kappa shape index (κ1) is 19.8. The lowest BCUT2D eigenvalue weighted by Gasteiger charge is -2.45. The quantitative estimate of drug-likeness (QED) is 0.756. The van der Waals surface area contributed by atoms with Crippen LogP contribution < -0.4 is 0 Å². The number of rotatable bonds is 4. The van der Waals surface area contributed by atoms with Crippen molar-refractivity contribution in [2.75, 3.05) is 45.8 Å². The number of likely N-dealkylation sites (tertiary alicyclic amines) is 1. The first-order valence-corrected chi connectivity index (χ1v) is 9.57. The van der Waals surface area contributed by atoms with Crippen LogP contribution in [0.15, 0.2) is 30.3 Å². The van der Waals surface area contributed by atoms with E-state index in [0.717, 1.165) is 5.56 Å². The fraction of sp³-hybridized carbons (Fsp3) is 0.600. The Bertz CT molecular complexity index is 660. The molecule has 27 heavy (non-hydrogen) atoms. The van der Waals surface area contributed by atoms with E-state index in [2.05, 4.69) is 4.90 Å². The first-order valence-electron chi connectivity index (χ1n) is 9.57. The first-order chi connectivity index (χ1) is 12.9. The minimum atomic E-state index is -1.22. The summed E-state index contributed by atoms with van der Waals surface area (Å²) in [6, 6.07) is 9.54. The molecule has 2 amide bonds. The Morgan fingerprint density at radius 2 is 1.74 bits per heavy atom. The fourth-order valence-electron chi connectivity index (χ4n) is 3.87. The summed E-state index contributed by atoms with van der Waals surface area (Å²) >= 11 is 0. The molecular weight excluding hydrogens is 346 g/mol. The molecule has 2 atom stereocenters. The van der Waals surface area contributed by atoms with E-state index >= 15 is 0 Å². The van der Waals surface area contributed by atoms with Crippen molar-refractivity contribution >= 4 is 11.8 Å². The zero-order valence-corrected chi connectivity index (χ0v) is 15.9. The van der Waals surface area contributed by atoms with E-state index < -0.39 is 11.7 Å². The van der Waals surface area contributed by atoms with Crippen LogP contribution in [-0.2, 0) is 16.0 Å². The fourth-order valence-corrected chi connectivity index (χ4v) is 3.87. The second kappa shape index (κ2) is 8.37. The van der Waals surface area contributed by atoms with E-state index in [-0.39, 0.29) is 18.4 Å². The molecule has 0 bridgehead atoms. The molecule has 148 valence electrons. The highest BCUT2D eigenvalue weighted by Crippen LogP contribution is 2.25. The summed E-state index contributed by atoms with van der Waals surface area (Å²) in [6.07, 6.45) is -0.322. The normalized spacial score (nSPS) is 26.9. The summed E-state index contributed by atoms with van der Waals surface area (Å²) in [5.74, 6) is 0.0380. The van der Waals surface area contributed by atoms with Gasteiger partial charge in [0.05, 0.1) is 6.42 Å². The summed E-state index contributed by atoms with van der Waals surface area (Å²) < 4.78 is 0. The topological polar surface area (TPSA) is 84.3 Å². The molecule has 0 unspecified atom stereocenters. The smallest absolute Gasteiger partial charge is 0.227 e. The maximum Gasteiger partial charge on any atom is 0.227 e. The molecule has 0 aromatic heterocycles. The van der Waals surface area contributed by atoms with Gasteiger partial charge in [0.25, 0.3) is 0 Å². The molecule has 7 nitrogen and oxygen atoms in total. The maximum absolute atomic E-state index is 12.5. The predicted molar refractivity (Wildman–Crippen MR) is 101 cm³/mol. The minimum absolute atomic E-state index is 0.0302. The third-order valence-electron chi connectivity index (χ3n) is 5.69. The average Bonchev–Trinajstić information content (AvgIpc) is 2.65. The van der Waals surface area contributed by atoms with Crippen molar-refractivity contribution in [3.8, 4) is 0 Å². The molecule has 0 aliphatic carbocycles. The highest BCUT2D eigenvalue weighted by Gasteiger charge is 2.43. The van der Waals surface area contributed by atoms with E-state index in [1.165, 1.54) is 0 Å². The number of carbonyl (C=O) groups is 2. The SMILES string of the molecule is CC(=O)N1CCN(C[C@@]2(O)CCN(C(=O)Cc3ccccc3)C[C@@H]2O)CC1. The van der Waals surface area contributed by atoms with Crippen molar-refractivity contribution in [2.45, 2.75) is 31.5 Å². The van der Waals surface area contributed by atoms with Crippen molar-refractivity contribution in [3.05, 3.63) is 35.9 Å². The van der Waals surface area contributed by atoms with Crippen LogP contribution in [0.1, 0.15) is 18.9 Å². The number of piperazine rings is 1. The van der Waals surface area contributed by atoms with Crippen LogP contribution in [0.25, 0.3) is 0 Å². The summed E-state index contributed by atoms with van der Waals surface area (Å²) in [5, 5.41) is 21.5. The Labute approximate surface area is 160 Å². The van der Waals surface area contributed by atoms with Gasteiger partial charge in [-0.3, -0.25) is 14.5 Å². The number of amides is 2. The maximum atomic E-state index is 12.5. The highest BCUT2D eigenvalue weighted by atomic mass is 16.3. The van der Waals surface area contributed by atoms with Crippen molar-refractivity contribution < 1.29 is 19.8 Å². The molecule has 0 saturated carbocycles. The van der Waals surface area contributed by atoms with Gasteiger partial charge in [0.1, 0.15) is 11.7 Å². The van der Waals surface area contributed by atoms with Gasteiger partial charge in [-0.25, -0.2) is 0 Å². The molecule has 2 aliphatic heterocycles. The molecule has 1 aromatic rings. The number of β-amino-alcohol motifs (C(OH)–C–C–N with tert-alkyl or cyclic N) is 2. The zero-order chi connectivity index (χ0) is 19.4. The van der Waals surface area contributed by atoms with Crippen LogP contribution in [0.5, 0.6) is 0 Å². The third kappa shape index (κ3) is 4.86. The van der Waals surface area contributed by atoms with Crippen molar-refractivity contribution in [1.29, 1.82) is 0 Å². The molecule has 2 N–H and O–H groups in total. The van der Waals surface area contributed by atoms with Crippen LogP contribution in [0, 0.1) is 0 Å².